The van der Waals surface area contributed by atoms with E-state index in [2.05, 4.69) is 15.3 Å². The van der Waals surface area contributed by atoms with Gasteiger partial charge in [-0.15, -0.1) is 0 Å². The van der Waals surface area contributed by atoms with E-state index in [4.69, 9.17) is 9.68 Å². The highest BCUT2D eigenvalue weighted by molar-refractivity contribution is 6.15. The van der Waals surface area contributed by atoms with Crippen molar-refractivity contribution in [3.05, 3.63) is 82.3 Å². The fraction of sp³-hybridized carbons (Fsp3) is 0.100. The molecular formula is C20H13FN4O2. The van der Waals surface area contributed by atoms with Gasteiger partial charge < -0.3 is 9.73 Å². The third-order valence-corrected chi connectivity index (χ3v) is 4.32. The molecule has 1 aliphatic rings. The monoisotopic (exact) mass is 360 g/mol. The van der Waals surface area contributed by atoms with Gasteiger partial charge in [-0.2, -0.15) is 5.26 Å². The van der Waals surface area contributed by atoms with Crippen LogP contribution in [-0.2, 0) is 6.54 Å². The van der Waals surface area contributed by atoms with Crippen molar-refractivity contribution in [2.45, 2.75) is 13.5 Å². The van der Waals surface area contributed by atoms with E-state index in [0.717, 1.165) is 5.56 Å². The van der Waals surface area contributed by atoms with Crippen LogP contribution in [0.3, 0.4) is 0 Å². The molecule has 0 unspecified atom stereocenters. The third kappa shape index (κ3) is 2.98. The Morgan fingerprint density at radius 3 is 2.93 bits per heavy atom. The van der Waals surface area contributed by atoms with E-state index in [1.165, 1.54) is 18.5 Å². The van der Waals surface area contributed by atoms with E-state index in [1.54, 1.807) is 31.4 Å². The van der Waals surface area contributed by atoms with Crippen LogP contribution >= 0.6 is 0 Å². The number of carbonyl (C=O) groups is 1. The molecule has 0 bridgehead atoms. The lowest BCUT2D eigenvalue weighted by molar-refractivity contribution is 0.102. The molecule has 0 atom stereocenters. The van der Waals surface area contributed by atoms with Crippen LogP contribution in [0.4, 0.5) is 10.1 Å². The van der Waals surface area contributed by atoms with Crippen molar-refractivity contribution in [2.75, 3.05) is 5.32 Å². The number of nitrogens with one attached hydrogen (secondary N) is 1. The number of halogens is 1. The second kappa shape index (κ2) is 6.50. The number of furan rings is 1. The lowest BCUT2D eigenvalue weighted by Gasteiger charge is -2.10. The Hall–Kier alpha value is -3.79. The second-order valence-corrected chi connectivity index (χ2v) is 6.12. The van der Waals surface area contributed by atoms with Gasteiger partial charge in [-0.05, 0) is 36.8 Å². The third-order valence-electron chi connectivity index (χ3n) is 4.32. The minimum absolute atomic E-state index is 0.179. The van der Waals surface area contributed by atoms with Crippen LogP contribution < -0.4 is 5.32 Å². The van der Waals surface area contributed by atoms with Crippen molar-refractivity contribution in [3.63, 3.8) is 0 Å². The van der Waals surface area contributed by atoms with Crippen LogP contribution in [0.2, 0.25) is 0 Å². The van der Waals surface area contributed by atoms with Crippen LogP contribution in [-0.4, -0.2) is 16.6 Å². The number of benzene rings is 1. The summed E-state index contributed by atoms with van der Waals surface area (Å²) in [7, 11) is 0. The summed E-state index contributed by atoms with van der Waals surface area (Å²) < 4.78 is 19.6. The molecule has 2 aromatic heterocycles. The zero-order valence-electron chi connectivity index (χ0n) is 14.3. The van der Waals surface area contributed by atoms with Gasteiger partial charge in [-0.3, -0.25) is 9.79 Å². The SMILES string of the molecule is Cc1cc(C#N)cnc1C(=O)Nc1cc(F)c2c(c1)C(c1ccoc1)=NC2. The van der Waals surface area contributed by atoms with Gasteiger partial charge in [0.1, 0.15) is 17.6 Å². The van der Waals surface area contributed by atoms with Crippen molar-refractivity contribution >= 4 is 17.3 Å². The van der Waals surface area contributed by atoms with Gasteiger partial charge in [-0.25, -0.2) is 9.37 Å². The van der Waals surface area contributed by atoms with Gasteiger partial charge in [0.05, 0.1) is 30.3 Å². The summed E-state index contributed by atoms with van der Waals surface area (Å²) in [5.41, 5.74) is 3.90. The smallest absolute Gasteiger partial charge is 0.274 e. The highest BCUT2D eigenvalue weighted by atomic mass is 19.1. The molecule has 7 heteroatoms. The predicted molar refractivity (Wildman–Crippen MR) is 96.1 cm³/mol. The average Bonchev–Trinajstić information content (AvgIpc) is 3.30. The van der Waals surface area contributed by atoms with Crippen molar-refractivity contribution in [1.82, 2.24) is 4.98 Å². The number of aliphatic imine (C=N–C) groups is 1. The fourth-order valence-corrected chi connectivity index (χ4v) is 3.03. The van der Waals surface area contributed by atoms with Crippen molar-refractivity contribution < 1.29 is 13.6 Å². The lowest BCUT2D eigenvalue weighted by atomic mass is 10.0. The number of nitriles is 1. The Kier molecular flexibility index (Phi) is 4.01. The summed E-state index contributed by atoms with van der Waals surface area (Å²) in [5.74, 6) is -0.911. The van der Waals surface area contributed by atoms with Crippen LogP contribution in [0.15, 0.2) is 52.4 Å². The summed E-state index contributed by atoms with van der Waals surface area (Å²) in [4.78, 5) is 20.9. The lowest BCUT2D eigenvalue weighted by Crippen LogP contribution is -2.16. The first kappa shape index (κ1) is 16.7. The molecule has 1 aromatic carbocycles. The maximum absolute atomic E-state index is 14.5. The quantitative estimate of drug-likeness (QED) is 0.772. The molecule has 0 saturated heterocycles. The second-order valence-electron chi connectivity index (χ2n) is 6.12. The van der Waals surface area contributed by atoms with Crippen molar-refractivity contribution in [1.29, 1.82) is 5.26 Å². The normalized spacial score (nSPS) is 12.3. The first-order valence-corrected chi connectivity index (χ1v) is 8.14. The molecule has 27 heavy (non-hydrogen) atoms. The van der Waals surface area contributed by atoms with Gasteiger partial charge in [0, 0.05) is 28.6 Å². The standard InChI is InChI=1S/C20H13FN4O2/c1-11-4-12(7-22)8-23-18(11)20(26)25-14-5-15-16(17(21)6-14)9-24-19(15)13-2-3-27-10-13/h2-6,8,10H,9H2,1H3,(H,25,26). The Balaban J connectivity index is 1.65. The number of carbonyl (C=O) groups excluding carboxylic acids is 1. The van der Waals surface area contributed by atoms with Gasteiger partial charge in [-0.1, -0.05) is 0 Å². The van der Waals surface area contributed by atoms with Crippen LogP contribution in [0.1, 0.15) is 38.3 Å². The summed E-state index contributed by atoms with van der Waals surface area (Å²) in [6.07, 6.45) is 4.40. The largest absolute Gasteiger partial charge is 0.472 e. The number of hydrogen-bond acceptors (Lipinski definition) is 5. The molecule has 0 aliphatic carbocycles. The molecule has 0 spiro atoms. The molecule has 3 aromatic rings. The maximum atomic E-state index is 14.5. The van der Waals surface area contributed by atoms with E-state index in [-0.39, 0.29) is 12.2 Å². The molecule has 132 valence electrons. The number of hydrogen-bond donors (Lipinski definition) is 1. The van der Waals surface area contributed by atoms with Gasteiger partial charge in [0.15, 0.2) is 0 Å². The molecule has 4 rings (SSSR count). The number of aromatic nitrogens is 1. The van der Waals surface area contributed by atoms with Crippen LogP contribution in [0, 0.1) is 24.1 Å². The van der Waals surface area contributed by atoms with E-state index in [9.17, 15) is 9.18 Å². The van der Waals surface area contributed by atoms with E-state index in [1.807, 2.05) is 6.07 Å². The number of pyridine rings is 1. The Labute approximate surface area is 154 Å². The molecule has 6 nitrogen and oxygen atoms in total. The summed E-state index contributed by atoms with van der Waals surface area (Å²) >= 11 is 0. The first-order valence-electron chi connectivity index (χ1n) is 8.14. The molecule has 0 radical (unpaired) electrons. The molecule has 1 N–H and O–H groups in total. The van der Waals surface area contributed by atoms with Crippen LogP contribution in [0.25, 0.3) is 0 Å². The molecule has 3 heterocycles. The highest BCUT2D eigenvalue weighted by Gasteiger charge is 2.23. The Morgan fingerprint density at radius 1 is 1.37 bits per heavy atom. The van der Waals surface area contributed by atoms with E-state index < -0.39 is 11.7 Å². The number of aryl methyl sites for hydroxylation is 1. The van der Waals surface area contributed by atoms with E-state index in [0.29, 0.717) is 33.7 Å². The first-order chi connectivity index (χ1) is 13.1. The summed E-state index contributed by atoms with van der Waals surface area (Å²) in [5, 5.41) is 11.6. The summed E-state index contributed by atoms with van der Waals surface area (Å²) in [6.45, 7) is 1.93. The van der Waals surface area contributed by atoms with Crippen LogP contribution in [0.5, 0.6) is 0 Å². The zero-order valence-corrected chi connectivity index (χ0v) is 14.3. The topological polar surface area (TPSA) is 91.3 Å². The van der Waals surface area contributed by atoms with E-state index >= 15 is 0 Å². The Morgan fingerprint density at radius 2 is 2.22 bits per heavy atom. The molecule has 0 fully saturated rings. The molecule has 1 amide bonds. The van der Waals surface area contributed by atoms with Crippen molar-refractivity contribution in [2.24, 2.45) is 4.99 Å². The fourth-order valence-electron chi connectivity index (χ4n) is 3.03. The maximum Gasteiger partial charge on any atom is 0.274 e. The molecule has 0 saturated carbocycles. The average molecular weight is 360 g/mol. The highest BCUT2D eigenvalue weighted by Crippen LogP contribution is 2.29. The zero-order chi connectivity index (χ0) is 19.0. The number of rotatable bonds is 3. The van der Waals surface area contributed by atoms with Gasteiger partial charge in [0.2, 0.25) is 0 Å². The predicted octanol–water partition coefficient (Wildman–Crippen LogP) is 3.60. The number of fused-ring (bicyclic) bond motifs is 1. The van der Waals surface area contributed by atoms with Gasteiger partial charge in [0.25, 0.3) is 5.91 Å². The molecule has 1 aliphatic heterocycles. The number of anilines is 1. The number of amides is 1. The van der Waals surface area contributed by atoms with Gasteiger partial charge >= 0.3 is 0 Å². The number of nitrogens with zero attached hydrogens (tertiary/aromatic N) is 3. The summed E-state index contributed by atoms with van der Waals surface area (Å²) in [6, 6.07) is 8.26. The minimum atomic E-state index is -0.476. The van der Waals surface area contributed by atoms with Crippen molar-refractivity contribution in [3.8, 4) is 6.07 Å². The Bertz CT molecular complexity index is 1130. The minimum Gasteiger partial charge on any atom is -0.472 e. The molecular weight excluding hydrogens is 347 g/mol.